The van der Waals surface area contributed by atoms with Crippen molar-refractivity contribution >= 4 is 28.9 Å². The lowest BCUT2D eigenvalue weighted by Crippen LogP contribution is -2.48. The number of anilines is 1. The van der Waals surface area contributed by atoms with Crippen molar-refractivity contribution in [3.63, 3.8) is 0 Å². The molecule has 1 fully saturated rings. The number of carbonyl (C=O) groups is 2. The SMILES string of the molecule is O=C(O)c1ccc(N2CCN(C(=O)c3cc(-c4cccc(O)c4)cs3)CC2)cc1. The van der Waals surface area contributed by atoms with Crippen LogP contribution in [0, 0.1) is 0 Å². The van der Waals surface area contributed by atoms with E-state index in [1.807, 2.05) is 34.5 Å². The van der Waals surface area contributed by atoms with Crippen LogP contribution in [0.25, 0.3) is 11.1 Å². The minimum atomic E-state index is -0.937. The van der Waals surface area contributed by atoms with Crippen LogP contribution in [-0.2, 0) is 0 Å². The summed E-state index contributed by atoms with van der Waals surface area (Å²) in [5.74, 6) is -0.718. The third-order valence-electron chi connectivity index (χ3n) is 5.04. The number of phenolic OH excluding ortho intramolecular Hbond substituents is 1. The Morgan fingerprint density at radius 2 is 1.62 bits per heavy atom. The molecule has 1 amide bonds. The maximum absolute atomic E-state index is 12.9. The Bertz CT molecular complexity index is 1040. The summed E-state index contributed by atoms with van der Waals surface area (Å²) < 4.78 is 0. The molecule has 3 aromatic rings. The maximum Gasteiger partial charge on any atom is 0.335 e. The van der Waals surface area contributed by atoms with Crippen LogP contribution in [0.2, 0.25) is 0 Å². The Morgan fingerprint density at radius 3 is 2.28 bits per heavy atom. The fourth-order valence-corrected chi connectivity index (χ4v) is 4.31. The van der Waals surface area contributed by atoms with Gasteiger partial charge in [0.2, 0.25) is 0 Å². The van der Waals surface area contributed by atoms with E-state index in [1.54, 1.807) is 30.3 Å². The zero-order valence-corrected chi connectivity index (χ0v) is 16.4. The molecule has 0 unspecified atom stereocenters. The highest BCUT2D eigenvalue weighted by molar-refractivity contribution is 7.12. The number of benzene rings is 2. The molecule has 0 spiro atoms. The summed E-state index contributed by atoms with van der Waals surface area (Å²) in [7, 11) is 0. The Morgan fingerprint density at radius 1 is 0.897 bits per heavy atom. The number of nitrogens with zero attached hydrogens (tertiary/aromatic N) is 2. The summed E-state index contributed by atoms with van der Waals surface area (Å²) in [4.78, 5) is 28.5. The lowest BCUT2D eigenvalue weighted by atomic mass is 10.1. The topological polar surface area (TPSA) is 81.1 Å². The van der Waals surface area contributed by atoms with E-state index < -0.39 is 5.97 Å². The quantitative estimate of drug-likeness (QED) is 0.687. The van der Waals surface area contributed by atoms with Crippen molar-refractivity contribution in [3.05, 3.63) is 70.4 Å². The van der Waals surface area contributed by atoms with E-state index in [1.165, 1.54) is 11.3 Å². The molecule has 0 saturated carbocycles. The number of hydrogen-bond donors (Lipinski definition) is 2. The average molecular weight is 408 g/mol. The number of phenols is 1. The molecule has 2 heterocycles. The molecule has 1 aromatic heterocycles. The molecule has 148 valence electrons. The zero-order valence-electron chi connectivity index (χ0n) is 15.6. The molecule has 7 heteroatoms. The van der Waals surface area contributed by atoms with Crippen LogP contribution in [0.3, 0.4) is 0 Å². The van der Waals surface area contributed by atoms with Crippen molar-refractivity contribution in [1.29, 1.82) is 0 Å². The first-order valence-corrected chi connectivity index (χ1v) is 10.1. The smallest absolute Gasteiger partial charge is 0.335 e. The predicted molar refractivity (Wildman–Crippen MR) is 113 cm³/mol. The molecule has 6 nitrogen and oxygen atoms in total. The Hall–Kier alpha value is -3.32. The lowest BCUT2D eigenvalue weighted by Gasteiger charge is -2.36. The predicted octanol–water partition coefficient (Wildman–Crippen LogP) is 3.78. The number of aromatic carboxylic acids is 1. The molecule has 0 aliphatic carbocycles. The van der Waals surface area contributed by atoms with E-state index >= 15 is 0 Å². The van der Waals surface area contributed by atoms with Gasteiger partial charge in [-0.15, -0.1) is 11.3 Å². The van der Waals surface area contributed by atoms with Crippen molar-refractivity contribution < 1.29 is 19.8 Å². The van der Waals surface area contributed by atoms with Gasteiger partial charge in [-0.1, -0.05) is 12.1 Å². The summed E-state index contributed by atoms with van der Waals surface area (Å²) >= 11 is 1.41. The van der Waals surface area contributed by atoms with Gasteiger partial charge in [-0.25, -0.2) is 4.79 Å². The molecule has 4 rings (SSSR count). The lowest BCUT2D eigenvalue weighted by molar-refractivity contribution is 0.0695. The first-order chi connectivity index (χ1) is 14.0. The monoisotopic (exact) mass is 408 g/mol. The van der Waals surface area contributed by atoms with Crippen molar-refractivity contribution in [2.75, 3.05) is 31.1 Å². The summed E-state index contributed by atoms with van der Waals surface area (Å²) in [6.07, 6.45) is 0. The fourth-order valence-electron chi connectivity index (χ4n) is 3.42. The van der Waals surface area contributed by atoms with Gasteiger partial charge in [0.05, 0.1) is 10.4 Å². The zero-order chi connectivity index (χ0) is 20.4. The Labute approximate surface area is 172 Å². The van der Waals surface area contributed by atoms with Gasteiger partial charge in [0.1, 0.15) is 5.75 Å². The minimum absolute atomic E-state index is 0.0160. The van der Waals surface area contributed by atoms with Gasteiger partial charge in [0, 0.05) is 31.9 Å². The number of rotatable bonds is 4. The number of hydrogen-bond acceptors (Lipinski definition) is 5. The first-order valence-electron chi connectivity index (χ1n) is 9.27. The number of aromatic hydroxyl groups is 1. The van der Waals surface area contributed by atoms with Gasteiger partial charge in [-0.2, -0.15) is 0 Å². The third kappa shape index (κ3) is 4.09. The third-order valence-corrected chi connectivity index (χ3v) is 5.95. The van der Waals surface area contributed by atoms with E-state index in [0.717, 1.165) is 16.8 Å². The molecule has 1 aliphatic heterocycles. The molecular weight excluding hydrogens is 388 g/mol. The Kier molecular flexibility index (Phi) is 5.22. The van der Waals surface area contributed by atoms with Crippen molar-refractivity contribution in [2.45, 2.75) is 0 Å². The maximum atomic E-state index is 12.9. The van der Waals surface area contributed by atoms with Gasteiger partial charge in [-0.3, -0.25) is 4.79 Å². The van der Waals surface area contributed by atoms with E-state index in [2.05, 4.69) is 4.90 Å². The number of thiophene rings is 1. The number of carboxylic acids is 1. The van der Waals surface area contributed by atoms with Crippen LogP contribution in [0.4, 0.5) is 5.69 Å². The highest BCUT2D eigenvalue weighted by Gasteiger charge is 2.23. The molecular formula is C22H20N2O4S. The van der Waals surface area contributed by atoms with Gasteiger partial charge in [0.25, 0.3) is 5.91 Å². The van der Waals surface area contributed by atoms with Gasteiger partial charge in [-0.05, 0) is 59.0 Å². The van der Waals surface area contributed by atoms with Gasteiger partial charge in [0.15, 0.2) is 0 Å². The molecule has 1 saturated heterocycles. The van der Waals surface area contributed by atoms with Crippen molar-refractivity contribution in [1.82, 2.24) is 4.90 Å². The molecule has 0 atom stereocenters. The second-order valence-corrected chi connectivity index (χ2v) is 7.79. The molecule has 1 aliphatic rings. The second-order valence-electron chi connectivity index (χ2n) is 6.88. The summed E-state index contributed by atoms with van der Waals surface area (Å²) in [6.45, 7) is 2.61. The summed E-state index contributed by atoms with van der Waals surface area (Å²) in [5, 5.41) is 20.6. The van der Waals surface area contributed by atoms with E-state index in [4.69, 9.17) is 5.11 Å². The van der Waals surface area contributed by atoms with Crippen LogP contribution >= 0.6 is 11.3 Å². The van der Waals surface area contributed by atoms with Crippen molar-refractivity contribution in [2.24, 2.45) is 0 Å². The minimum Gasteiger partial charge on any atom is -0.508 e. The molecule has 0 radical (unpaired) electrons. The van der Waals surface area contributed by atoms with Gasteiger partial charge >= 0.3 is 5.97 Å². The molecule has 29 heavy (non-hydrogen) atoms. The van der Waals surface area contributed by atoms with Gasteiger partial charge < -0.3 is 20.0 Å². The molecule has 2 aromatic carbocycles. The van der Waals surface area contributed by atoms with E-state index in [0.29, 0.717) is 31.1 Å². The number of amides is 1. The van der Waals surface area contributed by atoms with Crippen LogP contribution in [0.1, 0.15) is 20.0 Å². The standard InChI is InChI=1S/C22H20N2O4S/c25-19-3-1-2-16(12-19)17-13-20(29-14-17)21(26)24-10-8-23(9-11-24)18-6-4-15(5-7-18)22(27)28/h1-7,12-14,25H,8-11H2,(H,27,28). The molecule has 2 N–H and O–H groups in total. The first kappa shape index (κ1) is 19.0. The van der Waals surface area contributed by atoms with Crippen molar-refractivity contribution in [3.8, 4) is 16.9 Å². The van der Waals surface area contributed by atoms with E-state index in [-0.39, 0.29) is 17.2 Å². The summed E-state index contributed by atoms with van der Waals surface area (Å²) in [5.41, 5.74) is 3.04. The largest absolute Gasteiger partial charge is 0.508 e. The average Bonchev–Trinajstić information content (AvgIpc) is 3.24. The normalized spacial score (nSPS) is 14.1. The highest BCUT2D eigenvalue weighted by atomic mass is 32.1. The number of carbonyl (C=O) groups excluding carboxylic acids is 1. The highest BCUT2D eigenvalue weighted by Crippen LogP contribution is 2.29. The van der Waals surface area contributed by atoms with E-state index in [9.17, 15) is 14.7 Å². The molecule has 0 bridgehead atoms. The van der Waals surface area contributed by atoms with Crippen LogP contribution < -0.4 is 4.90 Å². The summed E-state index contributed by atoms with van der Waals surface area (Å²) in [6, 6.07) is 15.7. The second kappa shape index (κ2) is 7.97. The fraction of sp³-hybridized carbons (Fsp3) is 0.182. The van der Waals surface area contributed by atoms with Crippen LogP contribution in [-0.4, -0.2) is 53.2 Å². The van der Waals surface area contributed by atoms with Crippen LogP contribution in [0.15, 0.2) is 60.0 Å². The number of piperazine rings is 1. The van der Waals surface area contributed by atoms with Crippen LogP contribution in [0.5, 0.6) is 5.75 Å². The Balaban J connectivity index is 1.40. The number of carboxylic acid groups (broad SMARTS) is 1.